The summed E-state index contributed by atoms with van der Waals surface area (Å²) < 4.78 is 47.2. The van der Waals surface area contributed by atoms with Crippen molar-refractivity contribution in [2.75, 3.05) is 50.1 Å². The molecule has 1 aliphatic rings. The van der Waals surface area contributed by atoms with E-state index in [0.717, 1.165) is 0 Å². The van der Waals surface area contributed by atoms with E-state index in [4.69, 9.17) is 32.7 Å². The molecule has 1 aromatic heterocycles. The summed E-state index contributed by atoms with van der Waals surface area (Å²) in [5.74, 6) is 0.599. The van der Waals surface area contributed by atoms with E-state index in [9.17, 15) is 18.0 Å². The van der Waals surface area contributed by atoms with Crippen LogP contribution in [0.3, 0.4) is 0 Å². The Morgan fingerprint density at radius 1 is 1.16 bits per heavy atom. The predicted octanol–water partition coefficient (Wildman–Crippen LogP) is 4.69. The van der Waals surface area contributed by atoms with Crippen LogP contribution in [0.25, 0.3) is 0 Å². The van der Waals surface area contributed by atoms with Crippen LogP contribution < -0.4 is 19.7 Å². The summed E-state index contributed by atoms with van der Waals surface area (Å²) in [6.45, 7) is 0.346. The fourth-order valence-corrected chi connectivity index (χ4v) is 3.49. The largest absolute Gasteiger partial charge is 0.493 e. The molecule has 2 heterocycles. The van der Waals surface area contributed by atoms with Crippen molar-refractivity contribution in [2.45, 2.75) is 6.18 Å². The van der Waals surface area contributed by atoms with E-state index in [1.54, 1.807) is 11.0 Å². The number of hydrogen-bond acceptors (Lipinski definition) is 5. The summed E-state index contributed by atoms with van der Waals surface area (Å²) in [5.41, 5.74) is 0.285. The number of aromatic nitrogens is 1. The number of piperazine rings is 1. The lowest BCUT2D eigenvalue weighted by Crippen LogP contribution is -2.50. The summed E-state index contributed by atoms with van der Waals surface area (Å²) in [4.78, 5) is 20.4. The zero-order valence-corrected chi connectivity index (χ0v) is 17.9. The van der Waals surface area contributed by atoms with E-state index in [1.807, 2.05) is 4.90 Å². The first kappa shape index (κ1) is 23.1. The van der Waals surface area contributed by atoms with Crippen molar-refractivity contribution in [2.24, 2.45) is 0 Å². The van der Waals surface area contributed by atoms with E-state index >= 15 is 0 Å². The van der Waals surface area contributed by atoms with Crippen LogP contribution in [-0.2, 0) is 0 Å². The first-order valence-corrected chi connectivity index (χ1v) is 9.91. The lowest BCUT2D eigenvalue weighted by atomic mass is 10.2. The molecule has 0 aliphatic carbocycles. The molecule has 0 bridgehead atoms. The fourth-order valence-electron chi connectivity index (χ4n) is 2.99. The van der Waals surface area contributed by atoms with E-state index < -0.39 is 12.8 Å². The zero-order chi connectivity index (χ0) is 22.6. The molecule has 1 aliphatic heterocycles. The van der Waals surface area contributed by atoms with E-state index in [2.05, 4.69) is 10.3 Å². The second-order valence-corrected chi connectivity index (χ2v) is 7.48. The lowest BCUT2D eigenvalue weighted by molar-refractivity contribution is -0.153. The Bertz CT molecular complexity index is 938. The number of rotatable bonds is 5. The maximum Gasteiger partial charge on any atom is 0.422 e. The molecule has 31 heavy (non-hydrogen) atoms. The predicted molar refractivity (Wildman–Crippen MR) is 112 cm³/mol. The SMILES string of the molecule is COc1ccc(NC(=O)N2CCN(c3ncc(Cl)cc3Cl)CC2)cc1OCC(F)(F)F. The van der Waals surface area contributed by atoms with Gasteiger partial charge in [-0.3, -0.25) is 0 Å². The van der Waals surface area contributed by atoms with Crippen LogP contribution in [0.2, 0.25) is 10.0 Å². The Hall–Kier alpha value is -2.59. The number of alkyl halides is 3. The molecule has 168 valence electrons. The van der Waals surface area contributed by atoms with Gasteiger partial charge in [0.15, 0.2) is 18.1 Å². The van der Waals surface area contributed by atoms with E-state index in [1.165, 1.54) is 31.5 Å². The number of benzene rings is 1. The van der Waals surface area contributed by atoms with Crippen molar-refractivity contribution < 1.29 is 27.4 Å². The second-order valence-electron chi connectivity index (χ2n) is 6.63. The van der Waals surface area contributed by atoms with Gasteiger partial charge in [-0.1, -0.05) is 23.2 Å². The minimum Gasteiger partial charge on any atom is -0.493 e. The molecule has 0 spiro atoms. The van der Waals surface area contributed by atoms with Gasteiger partial charge in [-0.2, -0.15) is 13.2 Å². The topological polar surface area (TPSA) is 66.9 Å². The quantitative estimate of drug-likeness (QED) is 0.674. The van der Waals surface area contributed by atoms with Crippen LogP contribution >= 0.6 is 23.2 Å². The van der Waals surface area contributed by atoms with Crippen molar-refractivity contribution >= 4 is 40.7 Å². The lowest BCUT2D eigenvalue weighted by Gasteiger charge is -2.35. The van der Waals surface area contributed by atoms with E-state index in [0.29, 0.717) is 42.0 Å². The average molecular weight is 479 g/mol. The summed E-state index contributed by atoms with van der Waals surface area (Å²) in [5, 5.41) is 3.53. The third kappa shape index (κ3) is 6.20. The van der Waals surface area contributed by atoms with Crippen LogP contribution in [0.15, 0.2) is 30.5 Å². The number of methoxy groups -OCH3 is 1. The number of halogens is 5. The summed E-state index contributed by atoms with van der Waals surface area (Å²) in [6.07, 6.45) is -2.99. The molecule has 7 nitrogen and oxygen atoms in total. The number of pyridine rings is 1. The van der Waals surface area contributed by atoms with Gasteiger partial charge in [0.1, 0.15) is 5.82 Å². The Morgan fingerprint density at radius 3 is 2.48 bits per heavy atom. The van der Waals surface area contributed by atoms with Crippen LogP contribution in [0.4, 0.5) is 29.5 Å². The van der Waals surface area contributed by atoms with Crippen molar-refractivity contribution in [1.82, 2.24) is 9.88 Å². The Kier molecular flexibility index (Phi) is 7.22. The maximum absolute atomic E-state index is 12.6. The van der Waals surface area contributed by atoms with Gasteiger partial charge in [-0.05, 0) is 18.2 Å². The van der Waals surface area contributed by atoms with Gasteiger partial charge in [0.25, 0.3) is 0 Å². The number of carbonyl (C=O) groups is 1. The van der Waals surface area contributed by atoms with Crippen LogP contribution in [0.5, 0.6) is 11.5 Å². The molecule has 12 heteroatoms. The first-order chi connectivity index (χ1) is 14.7. The van der Waals surface area contributed by atoms with Crippen LogP contribution in [-0.4, -0.2) is 62.0 Å². The number of nitrogens with one attached hydrogen (secondary N) is 1. The Labute approximate surface area is 186 Å². The Balaban J connectivity index is 1.60. The van der Waals surface area contributed by atoms with Crippen molar-refractivity contribution in [3.05, 3.63) is 40.5 Å². The summed E-state index contributed by atoms with van der Waals surface area (Å²) in [7, 11) is 1.31. The zero-order valence-electron chi connectivity index (χ0n) is 16.4. The normalized spacial score (nSPS) is 14.4. The third-order valence-electron chi connectivity index (χ3n) is 4.46. The number of carbonyl (C=O) groups excluding carboxylic acids is 1. The molecular weight excluding hydrogens is 460 g/mol. The molecule has 1 fully saturated rings. The molecule has 1 N–H and O–H groups in total. The van der Waals surface area contributed by atoms with E-state index in [-0.39, 0.29) is 23.2 Å². The number of hydrogen-bond donors (Lipinski definition) is 1. The van der Waals surface area contributed by atoms with Gasteiger partial charge < -0.3 is 24.6 Å². The molecule has 2 amide bonds. The highest BCUT2D eigenvalue weighted by molar-refractivity contribution is 6.36. The maximum atomic E-state index is 12.6. The van der Waals surface area contributed by atoms with Crippen molar-refractivity contribution in [3.63, 3.8) is 0 Å². The van der Waals surface area contributed by atoms with Gasteiger partial charge in [0, 0.05) is 44.1 Å². The molecule has 0 unspecified atom stereocenters. The molecular formula is C19H19Cl2F3N4O3. The third-order valence-corrected chi connectivity index (χ3v) is 4.95. The minimum atomic E-state index is -4.49. The fraction of sp³-hybridized carbons (Fsp3) is 0.368. The molecule has 0 radical (unpaired) electrons. The van der Waals surface area contributed by atoms with Crippen LogP contribution in [0.1, 0.15) is 0 Å². The highest BCUT2D eigenvalue weighted by Crippen LogP contribution is 2.32. The summed E-state index contributed by atoms with van der Waals surface area (Å²) in [6, 6.07) is 5.45. The minimum absolute atomic E-state index is 0.120. The molecule has 3 rings (SSSR count). The van der Waals surface area contributed by atoms with Gasteiger partial charge in [-0.25, -0.2) is 9.78 Å². The molecule has 2 aromatic rings. The Morgan fingerprint density at radius 2 is 1.87 bits per heavy atom. The number of ether oxygens (including phenoxy) is 2. The smallest absolute Gasteiger partial charge is 0.422 e. The molecule has 0 saturated carbocycles. The van der Waals surface area contributed by atoms with Gasteiger partial charge in [0.2, 0.25) is 0 Å². The number of nitrogens with zero attached hydrogens (tertiary/aromatic N) is 3. The number of amides is 2. The number of urea groups is 1. The van der Waals surface area contributed by atoms with Gasteiger partial charge >= 0.3 is 12.2 Å². The molecule has 1 saturated heterocycles. The second kappa shape index (κ2) is 9.69. The van der Waals surface area contributed by atoms with Gasteiger partial charge in [-0.15, -0.1) is 0 Å². The van der Waals surface area contributed by atoms with Crippen molar-refractivity contribution in [3.8, 4) is 11.5 Å². The van der Waals surface area contributed by atoms with Crippen LogP contribution in [0, 0.1) is 0 Å². The highest BCUT2D eigenvalue weighted by atomic mass is 35.5. The summed E-state index contributed by atoms with van der Waals surface area (Å²) >= 11 is 12.1. The monoisotopic (exact) mass is 478 g/mol. The molecule has 1 aromatic carbocycles. The molecule has 0 atom stereocenters. The highest BCUT2D eigenvalue weighted by Gasteiger charge is 2.29. The van der Waals surface area contributed by atoms with Gasteiger partial charge in [0.05, 0.1) is 17.2 Å². The standard InChI is InChI=1S/C19H19Cl2F3N4O3/c1-30-15-3-2-13(9-16(15)31-11-19(22,23)24)26-18(29)28-6-4-27(5-7-28)17-14(21)8-12(20)10-25-17/h2-3,8-10H,4-7,11H2,1H3,(H,26,29). The number of anilines is 2. The average Bonchev–Trinajstić information content (AvgIpc) is 2.72. The first-order valence-electron chi connectivity index (χ1n) is 9.16. The van der Waals surface area contributed by atoms with Crippen molar-refractivity contribution in [1.29, 1.82) is 0 Å².